The van der Waals surface area contributed by atoms with Gasteiger partial charge in [0.05, 0.1) is 32.9 Å². The fourth-order valence-corrected chi connectivity index (χ4v) is 5.49. The van der Waals surface area contributed by atoms with E-state index in [9.17, 15) is 24.3 Å². The van der Waals surface area contributed by atoms with Gasteiger partial charge in [-0.15, -0.1) is 0 Å². The lowest BCUT2D eigenvalue weighted by Gasteiger charge is -2.34. The largest absolute Gasteiger partial charge is 0.497 e. The number of carbonyl (C=O) groups is 4. The Morgan fingerprint density at radius 1 is 0.804 bits per heavy atom. The second-order valence-corrected chi connectivity index (χ2v) is 11.3. The van der Waals surface area contributed by atoms with Crippen molar-refractivity contribution in [1.82, 2.24) is 5.32 Å². The van der Waals surface area contributed by atoms with Crippen molar-refractivity contribution in [3.63, 3.8) is 0 Å². The van der Waals surface area contributed by atoms with E-state index in [4.69, 9.17) is 38.0 Å². The first-order valence-corrected chi connectivity index (χ1v) is 15.7. The number of methoxy groups -OCH3 is 5. The van der Waals surface area contributed by atoms with E-state index >= 15 is 4.39 Å². The summed E-state index contributed by atoms with van der Waals surface area (Å²) >= 11 is 0. The molecule has 1 N–H and O–H groups in total. The number of halogens is 1. The van der Waals surface area contributed by atoms with Gasteiger partial charge in [-0.3, -0.25) is 14.4 Å². The van der Waals surface area contributed by atoms with Crippen LogP contribution < -0.4 is 34.1 Å². The van der Waals surface area contributed by atoms with Gasteiger partial charge in [0.15, 0.2) is 30.9 Å². The molecule has 15 nitrogen and oxygen atoms in total. The van der Waals surface area contributed by atoms with Crippen LogP contribution in [0, 0.1) is 5.82 Å². The van der Waals surface area contributed by atoms with Gasteiger partial charge < -0.3 is 48.4 Å². The third-order valence-corrected chi connectivity index (χ3v) is 8.01. The van der Waals surface area contributed by atoms with Crippen LogP contribution in [0.4, 0.5) is 9.18 Å². The molecule has 16 heteroatoms. The molecule has 0 radical (unpaired) electrons. The Bertz CT molecular complexity index is 1710. The predicted molar refractivity (Wildman–Crippen MR) is 173 cm³/mol. The lowest BCUT2D eigenvalue weighted by molar-refractivity contribution is -1.04. The first-order valence-electron chi connectivity index (χ1n) is 15.7. The van der Waals surface area contributed by atoms with Crippen molar-refractivity contribution in [1.29, 1.82) is 0 Å². The van der Waals surface area contributed by atoms with E-state index in [1.807, 2.05) is 0 Å². The number of nitrogens with zero attached hydrogens (tertiary/aromatic N) is 1. The zero-order valence-electron chi connectivity index (χ0n) is 28.8. The van der Waals surface area contributed by atoms with E-state index in [0.29, 0.717) is 19.3 Å². The molecule has 0 aliphatic carbocycles. The number of quaternary nitrogens is 1. The average Bonchev–Trinajstić information content (AvgIpc) is 3.34. The minimum atomic E-state index is -1.68. The molecule has 1 aliphatic rings. The van der Waals surface area contributed by atoms with E-state index in [1.54, 1.807) is 0 Å². The number of nitrogens with one attached hydrogen (secondary N) is 1. The molecule has 1 fully saturated rings. The van der Waals surface area contributed by atoms with Gasteiger partial charge in [-0.2, -0.15) is 0 Å². The molecule has 4 rings (SSSR count). The lowest BCUT2D eigenvalue weighted by Crippen LogP contribution is -2.63. The van der Waals surface area contributed by atoms with Crippen molar-refractivity contribution in [2.45, 2.75) is 25.3 Å². The van der Waals surface area contributed by atoms with E-state index in [-0.39, 0.29) is 77.7 Å². The number of ether oxygens (including phenoxy) is 7. The van der Waals surface area contributed by atoms with Crippen LogP contribution in [0.25, 0.3) is 0 Å². The second-order valence-electron chi connectivity index (χ2n) is 11.3. The lowest BCUT2D eigenvalue weighted by atomic mass is 10.0. The Balaban J connectivity index is 1.52. The standard InChI is InChI=1S/C35H39FN2O13/c1-44-19-49-27-17-25(46-3)16-26(36)30(27)31(39)21-9-11-22(12-10-21)34(41)51-38(35(42)43)13-7-6-8-24(18-38)37-33(40)23-14-28(47-4)32(50-20-45-2)29(15-23)48-5/h9-12,14-17,24H,6-8,13,18-20H2,1-5H3,(H-,37,40,42,43). The maximum Gasteiger partial charge on any atom is 0.398 e. The maximum atomic E-state index is 15.0. The number of ketones is 1. The van der Waals surface area contributed by atoms with Gasteiger partial charge in [0, 0.05) is 43.9 Å². The van der Waals surface area contributed by atoms with Crippen molar-refractivity contribution >= 4 is 23.8 Å². The van der Waals surface area contributed by atoms with Crippen molar-refractivity contribution in [3.05, 3.63) is 76.6 Å². The Morgan fingerprint density at radius 3 is 2.02 bits per heavy atom. The molecule has 0 saturated carbocycles. The molecule has 2 amide bonds. The van der Waals surface area contributed by atoms with Crippen LogP contribution in [-0.4, -0.2) is 96.7 Å². The van der Waals surface area contributed by atoms with E-state index < -0.39 is 40.3 Å². The zero-order valence-corrected chi connectivity index (χ0v) is 28.8. The van der Waals surface area contributed by atoms with Gasteiger partial charge in [-0.25, -0.2) is 9.18 Å². The highest BCUT2D eigenvalue weighted by molar-refractivity contribution is 6.11. The number of rotatable bonds is 14. The molecule has 0 aromatic heterocycles. The van der Waals surface area contributed by atoms with Crippen LogP contribution in [0.15, 0.2) is 48.5 Å². The van der Waals surface area contributed by atoms with Gasteiger partial charge >= 0.3 is 12.1 Å². The quantitative estimate of drug-likeness (QED) is 0.146. The summed E-state index contributed by atoms with van der Waals surface area (Å²) in [7, 11) is 6.92. The number of hydroxylamine groups is 3. The van der Waals surface area contributed by atoms with Gasteiger partial charge in [0.2, 0.25) is 5.75 Å². The molecule has 1 saturated heterocycles. The van der Waals surface area contributed by atoms with Crippen molar-refractivity contribution < 1.29 is 71.3 Å². The van der Waals surface area contributed by atoms with Crippen LogP contribution in [0.1, 0.15) is 55.9 Å². The van der Waals surface area contributed by atoms with E-state index in [0.717, 1.165) is 6.07 Å². The number of carboxylic acid groups (broad SMARTS) is 1. The SMILES string of the molecule is COCOc1cc(OC)cc(F)c1C(=O)c1ccc(C(=O)O[N+]2(C(=O)[O-])CCCCC(NC(=O)c3cc(OC)c(OCOC)c(OC)c3)C2)cc1. The Kier molecular flexibility index (Phi) is 13.1. The van der Waals surface area contributed by atoms with Crippen LogP contribution in [0.3, 0.4) is 0 Å². The molecule has 1 heterocycles. The van der Waals surface area contributed by atoms with Crippen LogP contribution in [0.5, 0.6) is 28.7 Å². The fraction of sp³-hybridized carbons (Fsp3) is 0.371. The topological polar surface area (TPSA) is 177 Å². The molecule has 274 valence electrons. The summed E-state index contributed by atoms with van der Waals surface area (Å²) in [4.78, 5) is 58.2. The molecule has 2 unspecified atom stereocenters. The summed E-state index contributed by atoms with van der Waals surface area (Å²) < 4.78 is 50.3. The summed E-state index contributed by atoms with van der Waals surface area (Å²) in [6.07, 6.45) is -0.442. The molecule has 2 atom stereocenters. The van der Waals surface area contributed by atoms with Crippen LogP contribution in [-0.2, 0) is 14.3 Å². The van der Waals surface area contributed by atoms with E-state index in [1.165, 1.54) is 78.0 Å². The van der Waals surface area contributed by atoms with Gasteiger partial charge in [-0.05, 0) is 37.1 Å². The van der Waals surface area contributed by atoms with Crippen molar-refractivity contribution in [2.24, 2.45) is 0 Å². The highest BCUT2D eigenvalue weighted by atomic mass is 19.1. The number of amides is 2. The molecule has 3 aromatic carbocycles. The Hall–Kier alpha value is -5.45. The highest BCUT2D eigenvalue weighted by Gasteiger charge is 2.42. The van der Waals surface area contributed by atoms with Gasteiger partial charge in [-0.1, -0.05) is 16.8 Å². The minimum Gasteiger partial charge on any atom is -0.497 e. The van der Waals surface area contributed by atoms with Gasteiger partial charge in [0.1, 0.15) is 36.0 Å². The number of likely N-dealkylation sites (tertiary alicyclic amines) is 1. The van der Waals surface area contributed by atoms with E-state index in [2.05, 4.69) is 5.32 Å². The third kappa shape index (κ3) is 9.02. The van der Waals surface area contributed by atoms with Gasteiger partial charge in [0.25, 0.3) is 5.91 Å². The van der Waals surface area contributed by atoms with Crippen LogP contribution >= 0.6 is 0 Å². The summed E-state index contributed by atoms with van der Waals surface area (Å²) in [5, 5.41) is 15.4. The summed E-state index contributed by atoms with van der Waals surface area (Å²) in [5.41, 5.74) is -0.320. The first kappa shape index (κ1) is 38.4. The molecule has 3 aromatic rings. The van der Waals surface area contributed by atoms with Crippen molar-refractivity contribution in [2.75, 3.05) is 62.2 Å². The monoisotopic (exact) mass is 714 g/mol. The third-order valence-electron chi connectivity index (χ3n) is 8.01. The van der Waals surface area contributed by atoms with Crippen molar-refractivity contribution in [3.8, 4) is 28.7 Å². The molecular formula is C35H39FN2O13. The fourth-order valence-electron chi connectivity index (χ4n) is 5.49. The average molecular weight is 715 g/mol. The number of hydrogen-bond donors (Lipinski definition) is 1. The Morgan fingerprint density at radius 2 is 1.43 bits per heavy atom. The Labute approximate surface area is 293 Å². The molecule has 1 aliphatic heterocycles. The summed E-state index contributed by atoms with van der Waals surface area (Å²) in [5.74, 6) is -2.61. The zero-order chi connectivity index (χ0) is 37.1. The summed E-state index contributed by atoms with van der Waals surface area (Å²) in [6, 6.07) is 9.52. The number of hydrogen-bond acceptors (Lipinski definition) is 13. The first-order chi connectivity index (χ1) is 24.5. The maximum absolute atomic E-state index is 15.0. The number of benzene rings is 3. The number of carbonyl (C=O) groups excluding carboxylic acids is 4. The molecular weight excluding hydrogens is 675 g/mol. The molecule has 51 heavy (non-hydrogen) atoms. The highest BCUT2D eigenvalue weighted by Crippen LogP contribution is 2.39. The summed E-state index contributed by atoms with van der Waals surface area (Å²) in [6.45, 7) is -0.812. The second kappa shape index (κ2) is 17.5. The molecule has 0 spiro atoms. The smallest absolute Gasteiger partial charge is 0.398 e. The minimum absolute atomic E-state index is 0.00536. The predicted octanol–water partition coefficient (Wildman–Crippen LogP) is 3.26. The van der Waals surface area contributed by atoms with Crippen LogP contribution in [0.2, 0.25) is 0 Å². The molecule has 0 bridgehead atoms. The normalized spacial score (nSPS) is 17.0.